The van der Waals surface area contributed by atoms with Gasteiger partial charge in [-0.1, -0.05) is 6.07 Å². The van der Waals surface area contributed by atoms with Gasteiger partial charge in [0.05, 0.1) is 11.6 Å². The standard InChI is InChI=1S/C10H8BrF2NO2/c1-16-8-4-6(2-3-7(8)11)10(12,13)9(15)5-14/h2-4,9,15H,1H3. The summed E-state index contributed by atoms with van der Waals surface area (Å²) in [5.74, 6) is -3.41. The second kappa shape index (κ2) is 4.76. The average Bonchev–Trinajstić information content (AvgIpc) is 2.28. The molecule has 1 N–H and O–H groups in total. The molecular formula is C10H8BrF2NO2. The Hall–Kier alpha value is -1.19. The zero-order chi connectivity index (χ0) is 12.3. The van der Waals surface area contributed by atoms with Crippen LogP contribution in [0, 0.1) is 11.3 Å². The van der Waals surface area contributed by atoms with Crippen LogP contribution in [0.4, 0.5) is 8.78 Å². The van der Waals surface area contributed by atoms with Gasteiger partial charge in [-0.25, -0.2) is 0 Å². The molecule has 0 fully saturated rings. The fourth-order valence-corrected chi connectivity index (χ4v) is 1.51. The topological polar surface area (TPSA) is 53.2 Å². The number of hydrogen-bond acceptors (Lipinski definition) is 3. The number of nitriles is 1. The Morgan fingerprint density at radius 2 is 2.19 bits per heavy atom. The van der Waals surface area contributed by atoms with E-state index in [2.05, 4.69) is 15.9 Å². The highest BCUT2D eigenvalue weighted by molar-refractivity contribution is 9.10. The van der Waals surface area contributed by atoms with Crippen LogP contribution in [0.25, 0.3) is 0 Å². The van der Waals surface area contributed by atoms with Gasteiger partial charge in [-0.3, -0.25) is 0 Å². The summed E-state index contributed by atoms with van der Waals surface area (Å²) in [5.41, 5.74) is -0.471. The normalized spacial score (nSPS) is 13.0. The predicted molar refractivity (Wildman–Crippen MR) is 56.2 cm³/mol. The fraction of sp³-hybridized carbons (Fsp3) is 0.300. The summed E-state index contributed by atoms with van der Waals surface area (Å²) in [4.78, 5) is 0. The van der Waals surface area contributed by atoms with Gasteiger partial charge in [0.1, 0.15) is 11.8 Å². The van der Waals surface area contributed by atoms with E-state index in [0.29, 0.717) is 4.47 Å². The van der Waals surface area contributed by atoms with Crippen LogP contribution in [-0.4, -0.2) is 18.3 Å². The summed E-state index contributed by atoms with van der Waals surface area (Å²) >= 11 is 3.11. The molecule has 0 bridgehead atoms. The Labute approximate surface area is 99.4 Å². The van der Waals surface area contributed by atoms with Crippen molar-refractivity contribution in [2.24, 2.45) is 0 Å². The summed E-state index contributed by atoms with van der Waals surface area (Å²) in [7, 11) is 1.34. The summed E-state index contributed by atoms with van der Waals surface area (Å²) in [6.45, 7) is 0. The molecule has 0 aliphatic heterocycles. The molecule has 0 aromatic heterocycles. The molecule has 1 atom stereocenters. The van der Waals surface area contributed by atoms with Crippen molar-refractivity contribution >= 4 is 15.9 Å². The predicted octanol–water partition coefficient (Wildman–Crippen LogP) is 2.43. The third-order valence-corrected chi connectivity index (χ3v) is 2.66. The summed E-state index contributed by atoms with van der Waals surface area (Å²) in [5, 5.41) is 17.2. The molecule has 6 heteroatoms. The van der Waals surface area contributed by atoms with E-state index in [1.165, 1.54) is 13.2 Å². The van der Waals surface area contributed by atoms with Crippen LogP contribution in [0.3, 0.4) is 0 Å². The average molecular weight is 292 g/mol. The minimum absolute atomic E-state index is 0.210. The number of methoxy groups -OCH3 is 1. The maximum absolute atomic E-state index is 13.5. The van der Waals surface area contributed by atoms with E-state index in [1.54, 1.807) is 0 Å². The minimum atomic E-state index is -3.62. The monoisotopic (exact) mass is 291 g/mol. The molecule has 0 saturated carbocycles. The first-order chi connectivity index (χ1) is 7.43. The lowest BCUT2D eigenvalue weighted by atomic mass is 10.0. The molecule has 86 valence electrons. The highest BCUT2D eigenvalue weighted by atomic mass is 79.9. The summed E-state index contributed by atoms with van der Waals surface area (Å²) < 4.78 is 32.3. The van der Waals surface area contributed by atoms with Gasteiger partial charge in [-0.2, -0.15) is 14.0 Å². The van der Waals surface area contributed by atoms with Crippen LogP contribution in [-0.2, 0) is 5.92 Å². The largest absolute Gasteiger partial charge is 0.496 e. The van der Waals surface area contributed by atoms with Gasteiger partial charge in [0.15, 0.2) is 0 Å². The van der Waals surface area contributed by atoms with Crippen LogP contribution in [0.1, 0.15) is 5.56 Å². The van der Waals surface area contributed by atoms with Gasteiger partial charge >= 0.3 is 5.92 Å². The first-order valence-corrected chi connectivity index (χ1v) is 5.02. The Balaban J connectivity index is 3.19. The number of rotatable bonds is 3. The van der Waals surface area contributed by atoms with E-state index in [9.17, 15) is 8.78 Å². The number of aliphatic hydroxyl groups is 1. The summed E-state index contributed by atoms with van der Waals surface area (Å²) in [6, 6.07) is 4.67. The molecule has 1 unspecified atom stereocenters. The van der Waals surface area contributed by atoms with Crippen molar-refractivity contribution < 1.29 is 18.6 Å². The molecule has 1 rings (SSSR count). The third kappa shape index (κ3) is 2.31. The van der Waals surface area contributed by atoms with Crippen molar-refractivity contribution in [3.05, 3.63) is 28.2 Å². The Bertz CT molecular complexity index is 431. The molecule has 0 spiro atoms. The lowest BCUT2D eigenvalue weighted by Crippen LogP contribution is -2.29. The quantitative estimate of drug-likeness (QED) is 0.871. The van der Waals surface area contributed by atoms with Gasteiger partial charge in [0.2, 0.25) is 6.10 Å². The van der Waals surface area contributed by atoms with E-state index in [-0.39, 0.29) is 5.75 Å². The number of ether oxygens (including phenoxy) is 1. The minimum Gasteiger partial charge on any atom is -0.496 e. The molecule has 0 amide bonds. The third-order valence-electron chi connectivity index (χ3n) is 2.00. The molecule has 16 heavy (non-hydrogen) atoms. The SMILES string of the molecule is COc1cc(C(F)(F)C(O)C#N)ccc1Br. The van der Waals surface area contributed by atoms with Crippen LogP contribution >= 0.6 is 15.9 Å². The second-order valence-electron chi connectivity index (χ2n) is 3.00. The Morgan fingerprint density at radius 3 is 2.69 bits per heavy atom. The van der Waals surface area contributed by atoms with Crippen molar-refractivity contribution in [2.75, 3.05) is 7.11 Å². The van der Waals surface area contributed by atoms with Crippen LogP contribution in [0.2, 0.25) is 0 Å². The first-order valence-electron chi connectivity index (χ1n) is 4.23. The highest BCUT2D eigenvalue weighted by Crippen LogP contribution is 2.36. The van der Waals surface area contributed by atoms with Crippen molar-refractivity contribution in [1.82, 2.24) is 0 Å². The Kier molecular flexibility index (Phi) is 3.83. The van der Waals surface area contributed by atoms with E-state index >= 15 is 0 Å². The number of nitrogens with zero attached hydrogens (tertiary/aromatic N) is 1. The van der Waals surface area contributed by atoms with Gasteiger partial charge < -0.3 is 9.84 Å². The van der Waals surface area contributed by atoms with Crippen molar-refractivity contribution in [3.8, 4) is 11.8 Å². The van der Waals surface area contributed by atoms with E-state index in [0.717, 1.165) is 18.2 Å². The maximum atomic E-state index is 13.5. The van der Waals surface area contributed by atoms with E-state index < -0.39 is 17.6 Å². The lowest BCUT2D eigenvalue weighted by molar-refractivity contribution is -0.0893. The van der Waals surface area contributed by atoms with Crippen LogP contribution in [0.5, 0.6) is 5.75 Å². The van der Waals surface area contributed by atoms with Crippen LogP contribution < -0.4 is 4.74 Å². The lowest BCUT2D eigenvalue weighted by Gasteiger charge is -2.18. The zero-order valence-corrected chi connectivity index (χ0v) is 9.83. The fourth-order valence-electron chi connectivity index (χ4n) is 1.11. The molecule has 0 heterocycles. The molecule has 0 radical (unpaired) electrons. The van der Waals surface area contributed by atoms with Gasteiger partial charge in [-0.15, -0.1) is 0 Å². The molecule has 3 nitrogen and oxygen atoms in total. The van der Waals surface area contributed by atoms with E-state index in [1.807, 2.05) is 0 Å². The van der Waals surface area contributed by atoms with Gasteiger partial charge in [0.25, 0.3) is 0 Å². The number of hydrogen-bond donors (Lipinski definition) is 1. The second-order valence-corrected chi connectivity index (χ2v) is 3.86. The molecular weight excluding hydrogens is 284 g/mol. The smallest absolute Gasteiger partial charge is 0.311 e. The molecule has 1 aromatic rings. The van der Waals surface area contributed by atoms with Crippen LogP contribution in [0.15, 0.2) is 22.7 Å². The highest BCUT2D eigenvalue weighted by Gasteiger charge is 2.41. The van der Waals surface area contributed by atoms with Crippen molar-refractivity contribution in [3.63, 3.8) is 0 Å². The zero-order valence-electron chi connectivity index (χ0n) is 8.25. The molecule has 1 aromatic carbocycles. The summed E-state index contributed by atoms with van der Waals surface area (Å²) in [6.07, 6.45) is -2.38. The van der Waals surface area contributed by atoms with E-state index in [4.69, 9.17) is 15.1 Å². The number of benzene rings is 1. The first kappa shape index (κ1) is 12.9. The number of alkyl halides is 2. The number of halogens is 3. The molecule has 0 saturated heterocycles. The molecule has 0 aliphatic rings. The van der Waals surface area contributed by atoms with Crippen molar-refractivity contribution in [2.45, 2.75) is 12.0 Å². The Morgan fingerprint density at radius 1 is 1.56 bits per heavy atom. The van der Waals surface area contributed by atoms with Gasteiger partial charge in [0, 0.05) is 5.56 Å². The molecule has 0 aliphatic carbocycles. The van der Waals surface area contributed by atoms with Crippen molar-refractivity contribution in [1.29, 1.82) is 5.26 Å². The number of aliphatic hydroxyl groups excluding tert-OH is 1. The maximum Gasteiger partial charge on any atom is 0.311 e. The van der Waals surface area contributed by atoms with Gasteiger partial charge in [-0.05, 0) is 28.1 Å².